The fourth-order valence-electron chi connectivity index (χ4n) is 2.95. The molecule has 0 unspecified atom stereocenters. The number of rotatable bonds is 1. The van der Waals surface area contributed by atoms with E-state index in [0.717, 1.165) is 42.7 Å². The van der Waals surface area contributed by atoms with Gasteiger partial charge < -0.3 is 10.3 Å². The maximum atomic E-state index is 14.1. The monoisotopic (exact) mass is 264 g/mol. The van der Waals surface area contributed by atoms with Crippen LogP contribution in [0.4, 0.5) is 8.78 Å². The van der Waals surface area contributed by atoms with Crippen molar-refractivity contribution in [3.8, 4) is 0 Å². The summed E-state index contributed by atoms with van der Waals surface area (Å²) in [4.78, 5) is 14.7. The number of aryl methyl sites for hydroxylation is 1. The van der Waals surface area contributed by atoms with Crippen LogP contribution in [0.2, 0.25) is 0 Å². The Morgan fingerprint density at radius 3 is 2.89 bits per heavy atom. The van der Waals surface area contributed by atoms with Crippen molar-refractivity contribution in [3.63, 3.8) is 0 Å². The van der Waals surface area contributed by atoms with Gasteiger partial charge in [0.1, 0.15) is 11.6 Å². The number of benzene rings is 1. The van der Waals surface area contributed by atoms with Gasteiger partial charge in [-0.2, -0.15) is 0 Å². The number of halogens is 2. The lowest BCUT2D eigenvalue weighted by molar-refractivity contribution is 0.490. The molecule has 5 heteroatoms. The number of aromatic nitrogens is 1. The van der Waals surface area contributed by atoms with Crippen molar-refractivity contribution in [2.24, 2.45) is 0 Å². The van der Waals surface area contributed by atoms with Crippen LogP contribution in [0.3, 0.4) is 0 Å². The average molecular weight is 264 g/mol. The molecule has 1 atom stereocenters. The van der Waals surface area contributed by atoms with Crippen LogP contribution in [0.1, 0.15) is 30.1 Å². The second-order valence-corrected chi connectivity index (χ2v) is 4.89. The summed E-state index contributed by atoms with van der Waals surface area (Å²) >= 11 is 0. The largest absolute Gasteiger partial charge is 0.325 e. The van der Waals surface area contributed by atoms with E-state index in [1.54, 1.807) is 7.05 Å². The van der Waals surface area contributed by atoms with E-state index in [1.807, 2.05) is 0 Å². The first kappa shape index (κ1) is 12.3. The molecule has 0 aliphatic heterocycles. The summed E-state index contributed by atoms with van der Waals surface area (Å²) in [6, 6.07) is 1.92. The minimum absolute atomic E-state index is 0.0111. The zero-order chi connectivity index (χ0) is 13.6. The third-order valence-corrected chi connectivity index (χ3v) is 3.78. The molecule has 1 aliphatic carbocycles. The molecule has 0 amide bonds. The maximum absolute atomic E-state index is 14.1. The van der Waals surface area contributed by atoms with Crippen LogP contribution in [0.15, 0.2) is 16.9 Å². The number of H-pyrrole nitrogens is 1. The molecule has 0 saturated heterocycles. The zero-order valence-corrected chi connectivity index (χ0v) is 10.5. The molecular formula is C14H14F2N2O. The smallest absolute Gasteiger partial charge is 0.256 e. The van der Waals surface area contributed by atoms with Crippen molar-refractivity contribution in [2.45, 2.75) is 25.3 Å². The lowest BCUT2D eigenvalue weighted by Crippen LogP contribution is -2.26. The van der Waals surface area contributed by atoms with E-state index in [9.17, 15) is 13.6 Å². The van der Waals surface area contributed by atoms with Gasteiger partial charge in [0.2, 0.25) is 0 Å². The molecule has 0 spiro atoms. The van der Waals surface area contributed by atoms with Gasteiger partial charge in [-0.15, -0.1) is 0 Å². The van der Waals surface area contributed by atoms with Gasteiger partial charge in [0, 0.05) is 23.2 Å². The molecule has 2 aromatic rings. The van der Waals surface area contributed by atoms with Gasteiger partial charge in [-0.05, 0) is 37.9 Å². The minimum atomic E-state index is -0.729. The van der Waals surface area contributed by atoms with Crippen molar-refractivity contribution in [2.75, 3.05) is 7.05 Å². The van der Waals surface area contributed by atoms with Crippen molar-refractivity contribution < 1.29 is 8.78 Å². The van der Waals surface area contributed by atoms with E-state index >= 15 is 0 Å². The van der Waals surface area contributed by atoms with Gasteiger partial charge in [-0.1, -0.05) is 0 Å². The molecule has 1 aliphatic rings. The minimum Gasteiger partial charge on any atom is -0.325 e. The first-order chi connectivity index (χ1) is 9.11. The van der Waals surface area contributed by atoms with Crippen LogP contribution in [0.25, 0.3) is 10.8 Å². The summed E-state index contributed by atoms with van der Waals surface area (Å²) in [5.41, 5.74) is 1.10. The van der Waals surface area contributed by atoms with Crippen LogP contribution < -0.4 is 10.9 Å². The highest BCUT2D eigenvalue weighted by Crippen LogP contribution is 2.34. The summed E-state index contributed by atoms with van der Waals surface area (Å²) in [7, 11) is 1.80. The molecule has 0 bridgehead atoms. The predicted molar refractivity (Wildman–Crippen MR) is 69.2 cm³/mol. The molecule has 3 rings (SSSR count). The normalized spacial score (nSPS) is 18.6. The Labute approximate surface area is 108 Å². The van der Waals surface area contributed by atoms with Crippen molar-refractivity contribution in [3.05, 3.63) is 45.4 Å². The molecule has 0 saturated carbocycles. The maximum Gasteiger partial charge on any atom is 0.256 e. The van der Waals surface area contributed by atoms with E-state index in [4.69, 9.17) is 0 Å². The Bertz CT molecular complexity index is 709. The summed E-state index contributed by atoms with van der Waals surface area (Å²) in [6.07, 6.45) is 2.53. The highest BCUT2D eigenvalue weighted by Gasteiger charge is 2.25. The summed E-state index contributed by atoms with van der Waals surface area (Å²) in [6.45, 7) is 0. The van der Waals surface area contributed by atoms with Crippen molar-refractivity contribution in [1.82, 2.24) is 10.3 Å². The second-order valence-electron chi connectivity index (χ2n) is 4.89. The van der Waals surface area contributed by atoms with Gasteiger partial charge in [-0.25, -0.2) is 8.78 Å². The molecule has 3 nitrogen and oxygen atoms in total. The number of hydrogen-bond donors (Lipinski definition) is 2. The van der Waals surface area contributed by atoms with Gasteiger partial charge in [0.05, 0.1) is 5.39 Å². The molecular weight excluding hydrogens is 250 g/mol. The SMILES string of the molecule is CN[C@@H]1CCCc2[nH]c(=O)c3cc(F)cc(F)c3c21. The number of aromatic amines is 1. The molecule has 1 heterocycles. The van der Waals surface area contributed by atoms with Gasteiger partial charge in [-0.3, -0.25) is 4.79 Å². The van der Waals surface area contributed by atoms with Crippen molar-refractivity contribution >= 4 is 10.8 Å². The third-order valence-electron chi connectivity index (χ3n) is 3.78. The first-order valence-corrected chi connectivity index (χ1v) is 6.33. The van der Waals surface area contributed by atoms with E-state index < -0.39 is 17.2 Å². The summed E-state index contributed by atoms with van der Waals surface area (Å²) < 4.78 is 27.4. The number of pyridine rings is 1. The van der Waals surface area contributed by atoms with E-state index in [2.05, 4.69) is 10.3 Å². The van der Waals surface area contributed by atoms with E-state index in [0.29, 0.717) is 0 Å². The van der Waals surface area contributed by atoms with Crippen LogP contribution in [0.5, 0.6) is 0 Å². The Hall–Kier alpha value is -1.75. The highest BCUT2D eigenvalue weighted by molar-refractivity contribution is 5.86. The van der Waals surface area contributed by atoms with E-state index in [-0.39, 0.29) is 16.8 Å². The predicted octanol–water partition coefficient (Wildman–Crippen LogP) is 2.40. The van der Waals surface area contributed by atoms with Crippen LogP contribution in [-0.2, 0) is 6.42 Å². The summed E-state index contributed by atoms with van der Waals surface area (Å²) in [5, 5.41) is 3.46. The molecule has 19 heavy (non-hydrogen) atoms. The molecule has 0 radical (unpaired) electrons. The van der Waals surface area contributed by atoms with Gasteiger partial charge in [0.15, 0.2) is 0 Å². The fraction of sp³-hybridized carbons (Fsp3) is 0.357. The standard InChI is InChI=1S/C14H14F2N2O/c1-17-10-3-2-4-11-13(10)12-8(14(19)18-11)5-7(15)6-9(12)16/h5-6,10,17H,2-4H2,1H3,(H,18,19)/t10-/m1/s1. The Morgan fingerprint density at radius 2 is 2.16 bits per heavy atom. The highest BCUT2D eigenvalue weighted by atomic mass is 19.1. The van der Waals surface area contributed by atoms with Crippen LogP contribution >= 0.6 is 0 Å². The Balaban J connectivity index is 2.46. The second kappa shape index (κ2) is 4.42. The molecule has 1 aromatic heterocycles. The molecule has 2 N–H and O–H groups in total. The van der Waals surface area contributed by atoms with Gasteiger partial charge in [0.25, 0.3) is 5.56 Å². The number of nitrogens with one attached hydrogen (secondary N) is 2. The Morgan fingerprint density at radius 1 is 1.37 bits per heavy atom. The first-order valence-electron chi connectivity index (χ1n) is 6.33. The Kier molecular flexibility index (Phi) is 2.86. The summed E-state index contributed by atoms with van der Waals surface area (Å²) in [5.74, 6) is -1.40. The molecule has 0 fully saturated rings. The van der Waals surface area contributed by atoms with Gasteiger partial charge >= 0.3 is 0 Å². The van der Waals surface area contributed by atoms with E-state index in [1.165, 1.54) is 0 Å². The van der Waals surface area contributed by atoms with Crippen molar-refractivity contribution in [1.29, 1.82) is 0 Å². The number of fused-ring (bicyclic) bond motifs is 3. The fourth-order valence-corrected chi connectivity index (χ4v) is 2.95. The lowest BCUT2D eigenvalue weighted by Gasteiger charge is -2.26. The van der Waals surface area contributed by atoms with Crippen LogP contribution in [-0.4, -0.2) is 12.0 Å². The third kappa shape index (κ3) is 1.85. The number of hydrogen-bond acceptors (Lipinski definition) is 2. The lowest BCUT2D eigenvalue weighted by atomic mass is 9.87. The molecule has 1 aromatic carbocycles. The zero-order valence-electron chi connectivity index (χ0n) is 10.5. The topological polar surface area (TPSA) is 44.9 Å². The quantitative estimate of drug-likeness (QED) is 0.830. The average Bonchev–Trinajstić information content (AvgIpc) is 2.38. The molecule has 100 valence electrons. The van der Waals surface area contributed by atoms with Crippen LogP contribution in [0, 0.1) is 11.6 Å².